The van der Waals surface area contributed by atoms with Crippen LogP contribution in [0.1, 0.15) is 22.3 Å². The summed E-state index contributed by atoms with van der Waals surface area (Å²) in [4.78, 5) is 23.6. The van der Waals surface area contributed by atoms with Crippen molar-refractivity contribution in [3.63, 3.8) is 0 Å². The molecule has 4 N–H and O–H groups in total. The molecule has 0 aliphatic carbocycles. The lowest BCUT2D eigenvalue weighted by molar-refractivity contribution is -0.116. The minimum atomic E-state index is -0.465. The van der Waals surface area contributed by atoms with Crippen molar-refractivity contribution in [3.05, 3.63) is 59.4 Å². The lowest BCUT2D eigenvalue weighted by Crippen LogP contribution is -2.16. The standard InChI is InChI=1S/C17H18FN3O2/c1-11-9-14(20-16(22)7-8-19)5-6-15(11)21-17(23)12-3-2-4-13(18)10-12/h2-6,9-10H,7-8,19H2,1H3,(H,20,22)(H,21,23). The van der Waals surface area contributed by atoms with Gasteiger partial charge >= 0.3 is 0 Å². The van der Waals surface area contributed by atoms with Crippen LogP contribution >= 0.6 is 0 Å². The molecule has 0 atom stereocenters. The number of anilines is 2. The van der Waals surface area contributed by atoms with Crippen LogP contribution in [0.3, 0.4) is 0 Å². The molecule has 0 saturated carbocycles. The summed E-state index contributed by atoms with van der Waals surface area (Å²) in [5.74, 6) is -1.02. The van der Waals surface area contributed by atoms with E-state index in [0.717, 1.165) is 5.56 Å². The minimum Gasteiger partial charge on any atom is -0.330 e. The van der Waals surface area contributed by atoms with Crippen LogP contribution in [0, 0.1) is 12.7 Å². The maximum absolute atomic E-state index is 13.2. The number of nitrogens with two attached hydrogens (primary N) is 1. The van der Waals surface area contributed by atoms with Crippen molar-refractivity contribution in [2.24, 2.45) is 5.73 Å². The molecule has 2 aromatic carbocycles. The van der Waals surface area contributed by atoms with Crippen molar-refractivity contribution in [2.45, 2.75) is 13.3 Å². The van der Waals surface area contributed by atoms with Crippen LogP contribution in [-0.2, 0) is 4.79 Å². The molecule has 0 heterocycles. The second-order valence-electron chi connectivity index (χ2n) is 5.08. The quantitative estimate of drug-likeness (QED) is 0.793. The van der Waals surface area contributed by atoms with Crippen molar-refractivity contribution < 1.29 is 14.0 Å². The molecule has 0 aliphatic rings. The van der Waals surface area contributed by atoms with Gasteiger partial charge in [0.15, 0.2) is 0 Å². The van der Waals surface area contributed by atoms with Gasteiger partial charge in [-0.15, -0.1) is 0 Å². The van der Waals surface area contributed by atoms with Gasteiger partial charge in [0.2, 0.25) is 5.91 Å². The number of benzene rings is 2. The molecule has 0 saturated heterocycles. The largest absolute Gasteiger partial charge is 0.330 e. The number of carbonyl (C=O) groups excluding carboxylic acids is 2. The van der Waals surface area contributed by atoms with E-state index in [4.69, 9.17) is 5.73 Å². The molecular weight excluding hydrogens is 297 g/mol. The van der Waals surface area contributed by atoms with Crippen LogP contribution in [-0.4, -0.2) is 18.4 Å². The lowest BCUT2D eigenvalue weighted by Gasteiger charge is -2.11. The highest BCUT2D eigenvalue weighted by Gasteiger charge is 2.09. The van der Waals surface area contributed by atoms with E-state index in [2.05, 4.69) is 10.6 Å². The third-order valence-electron chi connectivity index (χ3n) is 3.22. The van der Waals surface area contributed by atoms with Gasteiger partial charge in [-0.25, -0.2) is 4.39 Å². The maximum atomic E-state index is 13.2. The summed E-state index contributed by atoms with van der Waals surface area (Å²) in [5.41, 5.74) is 7.56. The van der Waals surface area contributed by atoms with Gasteiger partial charge in [0, 0.05) is 29.9 Å². The van der Waals surface area contributed by atoms with Gasteiger partial charge in [-0.2, -0.15) is 0 Å². The highest BCUT2D eigenvalue weighted by Crippen LogP contribution is 2.20. The fraction of sp³-hybridized carbons (Fsp3) is 0.176. The molecule has 5 nitrogen and oxygen atoms in total. The summed E-state index contributed by atoms with van der Waals surface area (Å²) in [6.45, 7) is 2.09. The van der Waals surface area contributed by atoms with Crippen molar-refractivity contribution in [2.75, 3.05) is 17.2 Å². The number of halogens is 1. The highest BCUT2D eigenvalue weighted by atomic mass is 19.1. The Balaban J connectivity index is 2.09. The van der Waals surface area contributed by atoms with Crippen LogP contribution < -0.4 is 16.4 Å². The Morgan fingerprint density at radius 1 is 1.13 bits per heavy atom. The van der Waals surface area contributed by atoms with Gasteiger partial charge < -0.3 is 16.4 Å². The first-order valence-electron chi connectivity index (χ1n) is 7.17. The van der Waals surface area contributed by atoms with Gasteiger partial charge in [0.05, 0.1) is 0 Å². The molecular formula is C17H18FN3O2. The number of nitrogens with one attached hydrogen (secondary N) is 2. The predicted molar refractivity (Wildman–Crippen MR) is 87.8 cm³/mol. The molecule has 2 rings (SSSR count). The predicted octanol–water partition coefficient (Wildman–Crippen LogP) is 2.67. The van der Waals surface area contributed by atoms with Crippen molar-refractivity contribution in [3.8, 4) is 0 Å². The Morgan fingerprint density at radius 3 is 2.57 bits per heavy atom. The summed E-state index contributed by atoms with van der Waals surface area (Å²) in [7, 11) is 0. The number of amides is 2. The Bertz CT molecular complexity index is 732. The van der Waals surface area contributed by atoms with E-state index in [9.17, 15) is 14.0 Å². The molecule has 2 amide bonds. The Morgan fingerprint density at radius 2 is 1.91 bits per heavy atom. The highest BCUT2D eigenvalue weighted by molar-refractivity contribution is 6.04. The van der Waals surface area contributed by atoms with E-state index >= 15 is 0 Å². The zero-order chi connectivity index (χ0) is 16.8. The Kier molecular flexibility index (Phi) is 5.43. The molecule has 0 aromatic heterocycles. The number of carbonyl (C=O) groups is 2. The zero-order valence-corrected chi connectivity index (χ0v) is 12.7. The summed E-state index contributed by atoms with van der Waals surface area (Å²) < 4.78 is 13.2. The van der Waals surface area contributed by atoms with Gasteiger partial charge in [0.1, 0.15) is 5.82 Å². The van der Waals surface area contributed by atoms with E-state index < -0.39 is 11.7 Å². The van der Waals surface area contributed by atoms with Crippen LogP contribution in [0.5, 0.6) is 0 Å². The molecule has 0 bridgehead atoms. The first-order valence-corrected chi connectivity index (χ1v) is 7.17. The van der Waals surface area contributed by atoms with E-state index in [-0.39, 0.29) is 24.4 Å². The average Bonchev–Trinajstić information content (AvgIpc) is 2.50. The van der Waals surface area contributed by atoms with Gasteiger partial charge in [-0.1, -0.05) is 6.07 Å². The first kappa shape index (κ1) is 16.6. The van der Waals surface area contributed by atoms with E-state index in [1.165, 1.54) is 24.3 Å². The second kappa shape index (κ2) is 7.51. The molecule has 2 aromatic rings. The third kappa shape index (κ3) is 4.62. The SMILES string of the molecule is Cc1cc(NC(=O)CCN)ccc1NC(=O)c1cccc(F)c1. The van der Waals surface area contributed by atoms with Crippen molar-refractivity contribution in [1.29, 1.82) is 0 Å². The number of hydrogen-bond acceptors (Lipinski definition) is 3. The monoisotopic (exact) mass is 315 g/mol. The van der Waals surface area contributed by atoms with E-state index in [0.29, 0.717) is 11.4 Å². The fourth-order valence-corrected chi connectivity index (χ4v) is 2.06. The summed E-state index contributed by atoms with van der Waals surface area (Å²) in [6.07, 6.45) is 0.247. The lowest BCUT2D eigenvalue weighted by atomic mass is 10.1. The molecule has 0 unspecified atom stereocenters. The molecule has 0 aliphatic heterocycles. The van der Waals surface area contributed by atoms with Crippen LogP contribution in [0.2, 0.25) is 0 Å². The smallest absolute Gasteiger partial charge is 0.255 e. The van der Waals surface area contributed by atoms with Crippen molar-refractivity contribution in [1.82, 2.24) is 0 Å². The van der Waals surface area contributed by atoms with Crippen LogP contribution in [0.4, 0.5) is 15.8 Å². The van der Waals surface area contributed by atoms with Crippen molar-refractivity contribution >= 4 is 23.2 Å². The number of rotatable bonds is 5. The normalized spacial score (nSPS) is 10.2. The van der Waals surface area contributed by atoms with E-state index in [1.54, 1.807) is 25.1 Å². The Hall–Kier alpha value is -2.73. The zero-order valence-electron chi connectivity index (χ0n) is 12.7. The van der Waals surface area contributed by atoms with Gasteiger partial charge in [-0.3, -0.25) is 9.59 Å². The number of hydrogen-bond donors (Lipinski definition) is 3. The first-order chi connectivity index (χ1) is 11.0. The topological polar surface area (TPSA) is 84.2 Å². The molecule has 120 valence electrons. The minimum absolute atomic E-state index is 0.163. The van der Waals surface area contributed by atoms with Crippen LogP contribution in [0.25, 0.3) is 0 Å². The molecule has 0 spiro atoms. The van der Waals surface area contributed by atoms with E-state index in [1.807, 2.05) is 0 Å². The average molecular weight is 315 g/mol. The molecule has 23 heavy (non-hydrogen) atoms. The summed E-state index contributed by atoms with van der Waals surface area (Å²) in [5, 5.41) is 5.44. The Labute approximate surface area is 133 Å². The molecule has 0 fully saturated rings. The second-order valence-corrected chi connectivity index (χ2v) is 5.08. The third-order valence-corrected chi connectivity index (χ3v) is 3.22. The van der Waals surface area contributed by atoms with Crippen LogP contribution in [0.15, 0.2) is 42.5 Å². The molecule has 6 heteroatoms. The van der Waals surface area contributed by atoms with Gasteiger partial charge in [0.25, 0.3) is 5.91 Å². The summed E-state index contributed by atoms with van der Waals surface area (Å²) in [6, 6.07) is 10.6. The summed E-state index contributed by atoms with van der Waals surface area (Å²) >= 11 is 0. The van der Waals surface area contributed by atoms with Gasteiger partial charge in [-0.05, 0) is 48.9 Å². The number of aryl methyl sites for hydroxylation is 1. The maximum Gasteiger partial charge on any atom is 0.255 e. The fourth-order valence-electron chi connectivity index (χ4n) is 2.06. The molecule has 0 radical (unpaired) electrons.